The van der Waals surface area contributed by atoms with Crippen molar-refractivity contribution >= 4 is 29.4 Å². The van der Waals surface area contributed by atoms with E-state index in [0.29, 0.717) is 32.5 Å². The summed E-state index contributed by atoms with van der Waals surface area (Å²) in [6.45, 7) is 6.72. The van der Waals surface area contributed by atoms with Crippen molar-refractivity contribution in [3.8, 4) is 0 Å². The lowest BCUT2D eigenvalue weighted by molar-refractivity contribution is -0.163. The number of piperidine rings is 1. The van der Waals surface area contributed by atoms with Gasteiger partial charge < -0.3 is 19.3 Å². The van der Waals surface area contributed by atoms with Crippen molar-refractivity contribution in [2.45, 2.75) is 46.1 Å². The Morgan fingerprint density at radius 2 is 1.71 bits per heavy atom. The van der Waals surface area contributed by atoms with Crippen LogP contribution in [0.2, 0.25) is 0 Å². The third-order valence-electron chi connectivity index (χ3n) is 5.87. The number of likely N-dealkylation sites (tertiary alicyclic amines) is 1. The van der Waals surface area contributed by atoms with Crippen LogP contribution in [0.5, 0.6) is 0 Å². The topological polar surface area (TPSA) is 93.2 Å². The number of benzene rings is 1. The van der Waals surface area contributed by atoms with Gasteiger partial charge in [-0.2, -0.15) is 0 Å². The van der Waals surface area contributed by atoms with Crippen LogP contribution in [0.3, 0.4) is 0 Å². The van der Waals surface area contributed by atoms with Crippen LogP contribution in [0, 0.1) is 18.8 Å². The highest BCUT2D eigenvalue weighted by molar-refractivity contribution is 5.99. The van der Waals surface area contributed by atoms with Gasteiger partial charge in [0.15, 0.2) is 6.10 Å². The molecule has 31 heavy (non-hydrogen) atoms. The standard InChI is InChI=1S/C23H30N2O6/c1-4-30-22(28)17-9-11-24(12-10-17)21(27)16(3)31-23(29)18-13-20(26)25(14-18)19-7-5-15(2)6-8-19/h5-8,16-18H,4,9-14H2,1-3H3/t16-,18-/m1/s1. The highest BCUT2D eigenvalue weighted by Crippen LogP contribution is 2.27. The number of carbonyl (C=O) groups is 4. The van der Waals surface area contributed by atoms with Crippen LogP contribution in [0.4, 0.5) is 5.69 Å². The average molecular weight is 431 g/mol. The van der Waals surface area contributed by atoms with E-state index in [-0.39, 0.29) is 36.7 Å². The predicted molar refractivity (Wildman–Crippen MR) is 113 cm³/mol. The Balaban J connectivity index is 1.50. The van der Waals surface area contributed by atoms with E-state index < -0.39 is 18.0 Å². The summed E-state index contributed by atoms with van der Waals surface area (Å²) in [5, 5.41) is 0. The predicted octanol–water partition coefficient (Wildman–Crippen LogP) is 2.08. The average Bonchev–Trinajstić information content (AvgIpc) is 3.15. The fourth-order valence-corrected chi connectivity index (χ4v) is 4.01. The molecule has 2 atom stereocenters. The molecule has 0 aromatic heterocycles. The normalized spacial score (nSPS) is 20.5. The maximum Gasteiger partial charge on any atom is 0.312 e. The van der Waals surface area contributed by atoms with Crippen LogP contribution in [0.1, 0.15) is 38.7 Å². The molecule has 0 saturated carbocycles. The molecular weight excluding hydrogens is 400 g/mol. The van der Waals surface area contributed by atoms with Gasteiger partial charge in [-0.1, -0.05) is 17.7 Å². The van der Waals surface area contributed by atoms with E-state index in [9.17, 15) is 19.2 Å². The highest BCUT2D eigenvalue weighted by atomic mass is 16.5. The fraction of sp³-hybridized carbons (Fsp3) is 0.565. The van der Waals surface area contributed by atoms with Crippen molar-refractivity contribution in [3.63, 3.8) is 0 Å². The minimum absolute atomic E-state index is 0.0680. The van der Waals surface area contributed by atoms with E-state index in [1.807, 2.05) is 31.2 Å². The number of ether oxygens (including phenoxy) is 2. The number of anilines is 1. The minimum Gasteiger partial charge on any atom is -0.466 e. The zero-order valence-corrected chi connectivity index (χ0v) is 18.3. The lowest BCUT2D eigenvalue weighted by Crippen LogP contribution is -2.46. The Morgan fingerprint density at radius 3 is 2.32 bits per heavy atom. The lowest BCUT2D eigenvalue weighted by Gasteiger charge is -2.32. The maximum atomic E-state index is 12.7. The molecule has 0 spiro atoms. The van der Waals surface area contributed by atoms with Crippen LogP contribution in [-0.2, 0) is 28.7 Å². The molecule has 0 bridgehead atoms. The van der Waals surface area contributed by atoms with Crippen molar-refractivity contribution in [2.75, 3.05) is 31.1 Å². The fourth-order valence-electron chi connectivity index (χ4n) is 4.01. The molecule has 2 amide bonds. The van der Waals surface area contributed by atoms with Gasteiger partial charge in [0.05, 0.1) is 18.4 Å². The number of aryl methyl sites for hydroxylation is 1. The lowest BCUT2D eigenvalue weighted by atomic mass is 9.96. The van der Waals surface area contributed by atoms with Gasteiger partial charge in [0.25, 0.3) is 5.91 Å². The molecule has 0 N–H and O–H groups in total. The summed E-state index contributed by atoms with van der Waals surface area (Å²) < 4.78 is 10.5. The van der Waals surface area contributed by atoms with Crippen LogP contribution in [0.15, 0.2) is 24.3 Å². The first-order valence-electron chi connectivity index (χ1n) is 10.8. The van der Waals surface area contributed by atoms with E-state index in [1.165, 1.54) is 0 Å². The Hall–Kier alpha value is -2.90. The molecular formula is C23H30N2O6. The second kappa shape index (κ2) is 9.94. The first kappa shape index (κ1) is 22.8. The molecule has 0 radical (unpaired) electrons. The SMILES string of the molecule is CCOC(=O)C1CCN(C(=O)[C@@H](C)OC(=O)[C@@H]2CC(=O)N(c3ccc(C)cc3)C2)CC1. The number of carbonyl (C=O) groups excluding carboxylic acids is 4. The summed E-state index contributed by atoms with van der Waals surface area (Å²) in [7, 11) is 0. The maximum absolute atomic E-state index is 12.7. The number of nitrogens with zero attached hydrogens (tertiary/aromatic N) is 2. The van der Waals surface area contributed by atoms with Gasteiger partial charge in [-0.25, -0.2) is 0 Å². The Morgan fingerprint density at radius 1 is 1.06 bits per heavy atom. The number of hydrogen-bond acceptors (Lipinski definition) is 6. The van der Waals surface area contributed by atoms with Crippen molar-refractivity contribution < 1.29 is 28.7 Å². The summed E-state index contributed by atoms with van der Waals surface area (Å²) in [6, 6.07) is 7.54. The van der Waals surface area contributed by atoms with Crippen molar-refractivity contribution in [1.82, 2.24) is 4.90 Å². The second-order valence-corrected chi connectivity index (χ2v) is 8.17. The molecule has 0 aliphatic carbocycles. The van der Waals surface area contributed by atoms with Crippen LogP contribution in [-0.4, -0.2) is 61.0 Å². The molecule has 2 heterocycles. The largest absolute Gasteiger partial charge is 0.466 e. The molecule has 168 valence electrons. The Labute approximate surface area is 182 Å². The van der Waals surface area contributed by atoms with E-state index in [0.717, 1.165) is 11.3 Å². The molecule has 8 nitrogen and oxygen atoms in total. The van der Waals surface area contributed by atoms with Gasteiger partial charge >= 0.3 is 11.9 Å². The number of hydrogen-bond donors (Lipinski definition) is 0. The van der Waals surface area contributed by atoms with E-state index in [1.54, 1.807) is 23.6 Å². The second-order valence-electron chi connectivity index (χ2n) is 8.17. The van der Waals surface area contributed by atoms with Crippen LogP contribution < -0.4 is 4.90 Å². The third kappa shape index (κ3) is 5.42. The monoisotopic (exact) mass is 430 g/mol. The summed E-state index contributed by atoms with van der Waals surface area (Å²) in [6.07, 6.45) is 0.204. The van der Waals surface area contributed by atoms with Gasteiger partial charge in [-0.15, -0.1) is 0 Å². The number of amides is 2. The molecule has 2 aliphatic heterocycles. The highest BCUT2D eigenvalue weighted by Gasteiger charge is 2.38. The van der Waals surface area contributed by atoms with Crippen molar-refractivity contribution in [2.24, 2.45) is 11.8 Å². The van der Waals surface area contributed by atoms with E-state index in [2.05, 4.69) is 0 Å². The van der Waals surface area contributed by atoms with Gasteiger partial charge in [-0.05, 0) is 45.7 Å². The van der Waals surface area contributed by atoms with E-state index >= 15 is 0 Å². The van der Waals surface area contributed by atoms with E-state index in [4.69, 9.17) is 9.47 Å². The summed E-state index contributed by atoms with van der Waals surface area (Å²) in [5.41, 5.74) is 1.84. The molecule has 8 heteroatoms. The molecule has 1 aromatic carbocycles. The molecule has 1 aromatic rings. The van der Waals surface area contributed by atoms with Crippen molar-refractivity contribution in [3.05, 3.63) is 29.8 Å². The summed E-state index contributed by atoms with van der Waals surface area (Å²) >= 11 is 0. The molecule has 3 rings (SSSR count). The minimum atomic E-state index is -0.935. The molecule has 0 unspecified atom stereocenters. The van der Waals surface area contributed by atoms with Gasteiger partial charge in [0.1, 0.15) is 0 Å². The Bertz CT molecular complexity index is 829. The molecule has 2 aliphatic rings. The Kier molecular flexibility index (Phi) is 7.30. The number of esters is 2. The zero-order chi connectivity index (χ0) is 22.5. The van der Waals surface area contributed by atoms with Crippen molar-refractivity contribution in [1.29, 1.82) is 0 Å². The van der Waals surface area contributed by atoms with Crippen LogP contribution in [0.25, 0.3) is 0 Å². The van der Waals surface area contributed by atoms with Gasteiger partial charge in [0, 0.05) is 31.7 Å². The quantitative estimate of drug-likeness (QED) is 0.642. The first-order chi connectivity index (χ1) is 14.8. The smallest absolute Gasteiger partial charge is 0.312 e. The first-order valence-corrected chi connectivity index (χ1v) is 10.8. The third-order valence-corrected chi connectivity index (χ3v) is 5.87. The van der Waals surface area contributed by atoms with Crippen LogP contribution >= 0.6 is 0 Å². The molecule has 2 saturated heterocycles. The number of rotatable bonds is 6. The summed E-state index contributed by atoms with van der Waals surface area (Å²) in [5.74, 6) is -1.97. The van der Waals surface area contributed by atoms with Gasteiger partial charge in [-0.3, -0.25) is 19.2 Å². The molecule has 2 fully saturated rings. The summed E-state index contributed by atoms with van der Waals surface area (Å²) in [4.78, 5) is 52.7. The zero-order valence-electron chi connectivity index (χ0n) is 18.3. The van der Waals surface area contributed by atoms with Gasteiger partial charge in [0.2, 0.25) is 5.91 Å².